The van der Waals surface area contributed by atoms with Crippen molar-refractivity contribution in [2.45, 2.75) is 58.2 Å². The van der Waals surface area contributed by atoms with Crippen LogP contribution in [0.3, 0.4) is 0 Å². The Morgan fingerprint density at radius 3 is 2.59 bits per heavy atom. The molecule has 0 fully saturated rings. The van der Waals surface area contributed by atoms with Gasteiger partial charge in [-0.2, -0.15) is 5.21 Å². The molecule has 0 unspecified atom stereocenters. The topological polar surface area (TPSA) is 139 Å². The molecule has 41 heavy (non-hydrogen) atoms. The first kappa shape index (κ1) is 29.9. The molecule has 2 N–H and O–H groups in total. The maximum Gasteiger partial charge on any atom is 0.323 e. The second-order valence-corrected chi connectivity index (χ2v) is 10.3. The van der Waals surface area contributed by atoms with Gasteiger partial charge in [-0.05, 0) is 54.9 Å². The number of halogens is 1. The number of tetrazole rings is 1. The van der Waals surface area contributed by atoms with Crippen LogP contribution in [-0.4, -0.2) is 72.3 Å². The number of nitrogens with one attached hydrogen (secondary N) is 1. The summed E-state index contributed by atoms with van der Waals surface area (Å²) >= 11 is 6.60. The van der Waals surface area contributed by atoms with Gasteiger partial charge in [0.15, 0.2) is 5.15 Å². The van der Waals surface area contributed by atoms with Crippen molar-refractivity contribution in [2.24, 2.45) is 0 Å². The number of imidazole rings is 1. The largest absolute Gasteiger partial charge is 0.481 e. The van der Waals surface area contributed by atoms with Crippen LogP contribution >= 0.6 is 11.6 Å². The van der Waals surface area contributed by atoms with Crippen molar-refractivity contribution in [1.82, 2.24) is 35.1 Å². The van der Waals surface area contributed by atoms with Crippen molar-refractivity contribution in [2.75, 3.05) is 14.1 Å². The van der Waals surface area contributed by atoms with Crippen molar-refractivity contribution in [3.8, 4) is 22.5 Å². The Labute approximate surface area is 243 Å². The van der Waals surface area contributed by atoms with Crippen molar-refractivity contribution < 1.29 is 19.4 Å². The summed E-state index contributed by atoms with van der Waals surface area (Å²) in [6, 6.07) is 15.4. The lowest BCUT2D eigenvalue weighted by Crippen LogP contribution is -2.37. The van der Waals surface area contributed by atoms with E-state index in [9.17, 15) is 9.59 Å². The number of benzene rings is 2. The van der Waals surface area contributed by atoms with Gasteiger partial charge in [-0.25, -0.2) is 4.98 Å². The first-order valence-corrected chi connectivity index (χ1v) is 13.9. The third-order valence-electron chi connectivity index (χ3n) is 6.83. The predicted molar refractivity (Wildman–Crippen MR) is 154 cm³/mol. The molecule has 0 spiro atoms. The lowest BCUT2D eigenvalue weighted by atomic mass is 9.97. The van der Waals surface area contributed by atoms with Gasteiger partial charge in [0, 0.05) is 24.9 Å². The zero-order valence-electron chi connectivity index (χ0n) is 23.4. The van der Waals surface area contributed by atoms with E-state index in [0.717, 1.165) is 40.9 Å². The van der Waals surface area contributed by atoms with Crippen LogP contribution in [0.1, 0.15) is 49.7 Å². The van der Waals surface area contributed by atoms with Gasteiger partial charge in [0.05, 0.1) is 5.69 Å². The fourth-order valence-corrected chi connectivity index (χ4v) is 4.89. The Hall–Kier alpha value is -4.09. The van der Waals surface area contributed by atoms with Gasteiger partial charge in [-0.15, -0.1) is 10.2 Å². The molecule has 1 atom stereocenters. The molecule has 2 aromatic heterocycles. The van der Waals surface area contributed by atoms with Gasteiger partial charge < -0.3 is 14.4 Å². The van der Waals surface area contributed by atoms with E-state index in [1.54, 1.807) is 19.0 Å². The summed E-state index contributed by atoms with van der Waals surface area (Å²) in [5, 5.41) is 24.1. The lowest BCUT2D eigenvalue weighted by molar-refractivity contribution is -0.151. The van der Waals surface area contributed by atoms with E-state index in [4.69, 9.17) is 21.4 Å². The summed E-state index contributed by atoms with van der Waals surface area (Å²) in [6.45, 7) is 2.45. The monoisotopic (exact) mass is 579 g/mol. The molecule has 0 radical (unpaired) electrons. The highest BCUT2D eigenvalue weighted by Gasteiger charge is 2.25. The number of esters is 1. The molecule has 0 aliphatic heterocycles. The molecule has 12 heteroatoms. The number of aliphatic carboxylic acids is 1. The van der Waals surface area contributed by atoms with Gasteiger partial charge in [0.25, 0.3) is 0 Å². The number of likely N-dealkylation sites (N-methyl/N-ethyl adjacent to an activating group) is 1. The molecule has 0 saturated heterocycles. The van der Waals surface area contributed by atoms with Crippen molar-refractivity contribution in [3.63, 3.8) is 0 Å². The summed E-state index contributed by atoms with van der Waals surface area (Å²) in [4.78, 5) is 30.3. The number of carbonyl (C=O) groups is 2. The van der Waals surface area contributed by atoms with Gasteiger partial charge in [-0.3, -0.25) is 14.5 Å². The number of H-pyrrole nitrogens is 1. The molecule has 0 saturated carbocycles. The average molecular weight is 580 g/mol. The van der Waals surface area contributed by atoms with Crippen LogP contribution in [0.2, 0.25) is 5.15 Å². The number of unbranched alkanes of at least 4 members (excludes halogenated alkanes) is 1. The Balaban J connectivity index is 1.65. The minimum Gasteiger partial charge on any atom is -0.481 e. The number of ether oxygens (including phenoxy) is 1. The molecule has 2 heterocycles. The van der Waals surface area contributed by atoms with E-state index in [1.165, 1.54) is 0 Å². The Bertz CT molecular complexity index is 1460. The van der Waals surface area contributed by atoms with Crippen LogP contribution in [0.25, 0.3) is 22.5 Å². The number of rotatable bonds is 14. The van der Waals surface area contributed by atoms with E-state index >= 15 is 0 Å². The molecule has 0 amide bonds. The average Bonchev–Trinajstić information content (AvgIpc) is 3.59. The second-order valence-electron chi connectivity index (χ2n) is 9.96. The minimum absolute atomic E-state index is 0.0893. The summed E-state index contributed by atoms with van der Waals surface area (Å²) in [6.07, 6.45) is 2.62. The Kier molecular flexibility index (Phi) is 10.2. The highest BCUT2D eigenvalue weighted by atomic mass is 35.5. The molecular weight excluding hydrogens is 546 g/mol. The fourth-order valence-electron chi connectivity index (χ4n) is 4.64. The van der Waals surface area contributed by atoms with Crippen molar-refractivity contribution in [3.05, 3.63) is 70.8 Å². The Morgan fingerprint density at radius 1 is 1.15 bits per heavy atom. The van der Waals surface area contributed by atoms with Crippen LogP contribution in [0.5, 0.6) is 0 Å². The molecular formula is C29H34ClN7O4. The zero-order valence-corrected chi connectivity index (χ0v) is 24.1. The summed E-state index contributed by atoms with van der Waals surface area (Å²) in [7, 11) is 3.43. The molecule has 11 nitrogen and oxygen atoms in total. The molecule has 216 valence electrons. The van der Waals surface area contributed by atoms with Crippen LogP contribution < -0.4 is 0 Å². The number of aromatic nitrogens is 6. The number of carbonyl (C=O) groups excluding carboxylic acids is 1. The minimum atomic E-state index is -0.968. The van der Waals surface area contributed by atoms with Crippen LogP contribution in [0.4, 0.5) is 0 Å². The van der Waals surface area contributed by atoms with Crippen LogP contribution in [0, 0.1) is 0 Å². The third kappa shape index (κ3) is 7.56. The molecule has 4 aromatic rings. The molecule has 0 bridgehead atoms. The number of hydrogen-bond donors (Lipinski definition) is 2. The van der Waals surface area contributed by atoms with E-state index in [0.29, 0.717) is 24.5 Å². The first-order chi connectivity index (χ1) is 19.8. The zero-order chi connectivity index (χ0) is 29.4. The van der Waals surface area contributed by atoms with E-state index < -0.39 is 18.0 Å². The van der Waals surface area contributed by atoms with Crippen LogP contribution in [0.15, 0.2) is 48.5 Å². The molecule has 0 aliphatic carbocycles. The van der Waals surface area contributed by atoms with Gasteiger partial charge in [0.1, 0.15) is 18.5 Å². The normalized spacial score (nSPS) is 12.0. The van der Waals surface area contributed by atoms with Crippen molar-refractivity contribution in [1.29, 1.82) is 0 Å². The predicted octanol–water partition coefficient (Wildman–Crippen LogP) is 4.61. The summed E-state index contributed by atoms with van der Waals surface area (Å²) in [5.74, 6) is -0.205. The second kappa shape index (κ2) is 14.0. The number of nitrogens with zero attached hydrogens (tertiary/aromatic N) is 6. The SMILES string of the molecule is CCCCc1nc(Cl)c(COC(=O)[C@H](CCC(=O)O)N(C)C)n1Cc1ccc(-c2ccccc2)c(-c2nn[nH]n2)c1. The van der Waals surface area contributed by atoms with Gasteiger partial charge in [0.2, 0.25) is 5.82 Å². The molecule has 2 aromatic carbocycles. The number of carboxylic acids is 1. The fraction of sp³-hybridized carbons (Fsp3) is 0.379. The number of aromatic amines is 1. The molecule has 0 aliphatic rings. The quantitative estimate of drug-likeness (QED) is 0.205. The maximum atomic E-state index is 12.9. The standard InChI is InChI=1S/C29H34ClN7O4/c1-4-5-11-25-31-27(30)24(18-41-29(40)23(36(2)3)14-15-26(38)39)37(25)17-19-12-13-21(20-9-7-6-8-10-20)22(16-19)28-32-34-35-33-28/h6-10,12-13,16,23H,4-5,11,14-15,17-18H2,1-3H3,(H,38,39)(H,32,33,34,35)/t23-/m0/s1. The number of hydrogen-bond acceptors (Lipinski definition) is 8. The van der Waals surface area contributed by atoms with Gasteiger partial charge in [-0.1, -0.05) is 67.4 Å². The third-order valence-corrected chi connectivity index (χ3v) is 7.13. The first-order valence-electron chi connectivity index (χ1n) is 13.5. The van der Waals surface area contributed by atoms with Crippen LogP contribution in [-0.2, 0) is 33.9 Å². The lowest BCUT2D eigenvalue weighted by Gasteiger charge is -2.22. The maximum absolute atomic E-state index is 12.9. The van der Waals surface area contributed by atoms with Crippen molar-refractivity contribution >= 4 is 23.5 Å². The number of aryl methyl sites for hydroxylation is 1. The van der Waals surface area contributed by atoms with E-state index in [2.05, 4.69) is 32.5 Å². The number of carboxylic acid groups (broad SMARTS) is 1. The summed E-state index contributed by atoms with van der Waals surface area (Å²) < 4.78 is 7.66. The van der Waals surface area contributed by atoms with E-state index in [1.807, 2.05) is 53.1 Å². The highest BCUT2D eigenvalue weighted by Crippen LogP contribution is 2.32. The van der Waals surface area contributed by atoms with E-state index in [-0.39, 0.29) is 24.6 Å². The van der Waals surface area contributed by atoms with Gasteiger partial charge >= 0.3 is 11.9 Å². The Morgan fingerprint density at radius 2 is 1.93 bits per heavy atom. The smallest absolute Gasteiger partial charge is 0.323 e. The summed E-state index contributed by atoms with van der Waals surface area (Å²) in [5.41, 5.74) is 4.35. The highest BCUT2D eigenvalue weighted by molar-refractivity contribution is 6.30. The molecule has 4 rings (SSSR count).